The Morgan fingerprint density at radius 3 is 3.00 bits per heavy atom. The summed E-state index contributed by atoms with van der Waals surface area (Å²) in [5.74, 6) is 0.178. The van der Waals surface area contributed by atoms with Gasteiger partial charge in [-0.1, -0.05) is 18.2 Å². The monoisotopic (exact) mass is 308 g/mol. The van der Waals surface area contributed by atoms with Crippen LogP contribution in [0.3, 0.4) is 0 Å². The average Bonchev–Trinajstić information content (AvgIpc) is 3.26. The fourth-order valence-corrected chi connectivity index (χ4v) is 3.54. The Labute approximate surface area is 135 Å². The van der Waals surface area contributed by atoms with E-state index in [-0.39, 0.29) is 11.9 Å². The smallest absolute Gasteiger partial charge is 0.243 e. The highest BCUT2D eigenvalue weighted by atomic mass is 16.2. The molecule has 118 valence electrons. The Morgan fingerprint density at radius 2 is 2.17 bits per heavy atom. The van der Waals surface area contributed by atoms with Gasteiger partial charge in [0.25, 0.3) is 0 Å². The van der Waals surface area contributed by atoms with Gasteiger partial charge < -0.3 is 9.47 Å². The Balaban J connectivity index is 1.56. The van der Waals surface area contributed by atoms with Gasteiger partial charge in [0.1, 0.15) is 6.54 Å². The summed E-state index contributed by atoms with van der Waals surface area (Å²) >= 11 is 0. The number of carbonyl (C=O) groups excluding carboxylic acids is 1. The number of aryl methyl sites for hydroxylation is 1. The van der Waals surface area contributed by atoms with E-state index < -0.39 is 0 Å². The second-order valence-electron chi connectivity index (χ2n) is 6.19. The van der Waals surface area contributed by atoms with Crippen molar-refractivity contribution >= 4 is 16.8 Å². The van der Waals surface area contributed by atoms with Crippen LogP contribution in [0.4, 0.5) is 0 Å². The van der Waals surface area contributed by atoms with Gasteiger partial charge in [0, 0.05) is 37.1 Å². The van der Waals surface area contributed by atoms with Crippen LogP contribution in [0.1, 0.15) is 24.4 Å². The molecule has 0 spiro atoms. The van der Waals surface area contributed by atoms with E-state index in [1.807, 2.05) is 47.2 Å². The fraction of sp³-hybridized carbons (Fsp3) is 0.333. The third kappa shape index (κ3) is 2.52. The van der Waals surface area contributed by atoms with Crippen molar-refractivity contribution < 1.29 is 4.79 Å². The summed E-state index contributed by atoms with van der Waals surface area (Å²) in [5.41, 5.74) is 2.24. The molecule has 3 aromatic rings. The minimum Gasteiger partial charge on any atom is -0.338 e. The van der Waals surface area contributed by atoms with Gasteiger partial charge in [-0.05, 0) is 30.4 Å². The number of rotatable bonds is 3. The Bertz CT molecular complexity index is 847. The van der Waals surface area contributed by atoms with Crippen LogP contribution < -0.4 is 0 Å². The first kappa shape index (κ1) is 14.1. The van der Waals surface area contributed by atoms with Gasteiger partial charge in [-0.15, -0.1) is 0 Å². The summed E-state index contributed by atoms with van der Waals surface area (Å²) in [4.78, 5) is 14.8. The average molecular weight is 308 g/mol. The van der Waals surface area contributed by atoms with Crippen molar-refractivity contribution in [1.29, 1.82) is 0 Å². The van der Waals surface area contributed by atoms with Gasteiger partial charge in [0.05, 0.1) is 12.2 Å². The molecule has 1 atom stereocenters. The Hall–Kier alpha value is -2.56. The molecule has 5 heteroatoms. The molecule has 5 nitrogen and oxygen atoms in total. The van der Waals surface area contributed by atoms with Crippen LogP contribution in [0.2, 0.25) is 0 Å². The topological polar surface area (TPSA) is 43.1 Å². The van der Waals surface area contributed by atoms with E-state index in [9.17, 15) is 4.79 Å². The van der Waals surface area contributed by atoms with Crippen molar-refractivity contribution in [1.82, 2.24) is 19.2 Å². The van der Waals surface area contributed by atoms with Crippen LogP contribution in [-0.4, -0.2) is 31.7 Å². The lowest BCUT2D eigenvalue weighted by atomic mass is 10.1. The van der Waals surface area contributed by atoms with E-state index >= 15 is 0 Å². The van der Waals surface area contributed by atoms with Crippen LogP contribution in [0, 0.1) is 0 Å². The largest absolute Gasteiger partial charge is 0.338 e. The standard InChI is InChI=1S/C18H20N4O/c1-20-12-15(11-19-20)17-7-4-9-22(17)18(23)13-21-10-8-14-5-2-3-6-16(14)21/h2-3,5-6,8,10-12,17H,4,7,9,13H2,1H3/t17-/m0/s1. The van der Waals surface area contributed by atoms with Crippen molar-refractivity contribution in [2.45, 2.75) is 25.4 Å². The van der Waals surface area contributed by atoms with Crippen LogP contribution in [-0.2, 0) is 18.4 Å². The van der Waals surface area contributed by atoms with Crippen molar-refractivity contribution in [3.63, 3.8) is 0 Å². The van der Waals surface area contributed by atoms with Gasteiger partial charge in [0.2, 0.25) is 5.91 Å². The molecule has 3 heterocycles. The first-order chi connectivity index (χ1) is 11.2. The number of aromatic nitrogens is 3. The van der Waals surface area contributed by atoms with E-state index in [1.54, 1.807) is 4.68 Å². The van der Waals surface area contributed by atoms with Crippen LogP contribution in [0.5, 0.6) is 0 Å². The number of likely N-dealkylation sites (tertiary alicyclic amines) is 1. The molecular formula is C18H20N4O. The number of carbonyl (C=O) groups is 1. The van der Waals surface area contributed by atoms with E-state index in [2.05, 4.69) is 23.3 Å². The summed E-state index contributed by atoms with van der Waals surface area (Å²) in [6.07, 6.45) is 7.96. The summed E-state index contributed by atoms with van der Waals surface area (Å²) in [6.45, 7) is 1.22. The quantitative estimate of drug-likeness (QED) is 0.746. The molecule has 2 aromatic heterocycles. The predicted molar refractivity (Wildman–Crippen MR) is 88.8 cm³/mol. The zero-order chi connectivity index (χ0) is 15.8. The number of amides is 1. The van der Waals surface area contributed by atoms with Gasteiger partial charge in [0.15, 0.2) is 0 Å². The SMILES string of the molecule is Cn1cc([C@@H]2CCCN2C(=O)Cn2ccc3ccccc32)cn1. The molecule has 0 radical (unpaired) electrons. The Morgan fingerprint density at radius 1 is 1.30 bits per heavy atom. The molecule has 0 unspecified atom stereocenters. The number of hydrogen-bond acceptors (Lipinski definition) is 2. The molecular weight excluding hydrogens is 288 g/mol. The van der Waals surface area contributed by atoms with Crippen molar-refractivity contribution in [2.24, 2.45) is 7.05 Å². The molecule has 1 aliphatic rings. The highest BCUT2D eigenvalue weighted by Gasteiger charge is 2.30. The molecule has 1 saturated heterocycles. The molecule has 1 fully saturated rings. The van der Waals surface area contributed by atoms with E-state index in [0.29, 0.717) is 6.54 Å². The molecule has 4 rings (SSSR count). The van der Waals surface area contributed by atoms with Crippen LogP contribution >= 0.6 is 0 Å². The zero-order valence-electron chi connectivity index (χ0n) is 13.2. The van der Waals surface area contributed by atoms with E-state index in [0.717, 1.165) is 30.5 Å². The van der Waals surface area contributed by atoms with Crippen LogP contribution in [0.25, 0.3) is 10.9 Å². The second-order valence-corrected chi connectivity index (χ2v) is 6.19. The fourth-order valence-electron chi connectivity index (χ4n) is 3.54. The second kappa shape index (κ2) is 5.57. The van der Waals surface area contributed by atoms with Crippen molar-refractivity contribution in [2.75, 3.05) is 6.54 Å². The number of hydrogen-bond donors (Lipinski definition) is 0. The molecule has 1 aliphatic heterocycles. The minimum absolute atomic E-state index is 0.165. The normalized spacial score (nSPS) is 18.0. The molecule has 23 heavy (non-hydrogen) atoms. The molecule has 1 amide bonds. The predicted octanol–water partition coefficient (Wildman–Crippen LogP) is 2.74. The molecule has 0 bridgehead atoms. The summed E-state index contributed by atoms with van der Waals surface area (Å²) in [7, 11) is 1.91. The first-order valence-electron chi connectivity index (χ1n) is 8.04. The number of para-hydroxylation sites is 1. The Kier molecular flexibility index (Phi) is 3.41. The van der Waals surface area contributed by atoms with Crippen molar-refractivity contribution in [3.05, 3.63) is 54.5 Å². The number of fused-ring (bicyclic) bond motifs is 1. The zero-order valence-corrected chi connectivity index (χ0v) is 13.2. The number of nitrogens with zero attached hydrogens (tertiary/aromatic N) is 4. The molecule has 0 aliphatic carbocycles. The third-order valence-electron chi connectivity index (χ3n) is 4.67. The van der Waals surface area contributed by atoms with E-state index in [1.165, 1.54) is 5.39 Å². The lowest BCUT2D eigenvalue weighted by molar-refractivity contribution is -0.132. The number of benzene rings is 1. The van der Waals surface area contributed by atoms with Gasteiger partial charge in [-0.25, -0.2) is 0 Å². The van der Waals surface area contributed by atoms with Crippen molar-refractivity contribution in [3.8, 4) is 0 Å². The van der Waals surface area contributed by atoms with Crippen LogP contribution in [0.15, 0.2) is 48.9 Å². The molecule has 1 aromatic carbocycles. The minimum atomic E-state index is 0.165. The first-order valence-corrected chi connectivity index (χ1v) is 8.04. The van der Waals surface area contributed by atoms with Gasteiger partial charge in [-0.2, -0.15) is 5.10 Å². The van der Waals surface area contributed by atoms with Gasteiger partial charge >= 0.3 is 0 Å². The molecule has 0 N–H and O–H groups in total. The summed E-state index contributed by atoms with van der Waals surface area (Å²) in [5, 5.41) is 5.42. The maximum absolute atomic E-state index is 12.8. The maximum atomic E-state index is 12.8. The highest BCUT2D eigenvalue weighted by molar-refractivity contribution is 5.83. The van der Waals surface area contributed by atoms with Gasteiger partial charge in [-0.3, -0.25) is 9.48 Å². The third-order valence-corrected chi connectivity index (χ3v) is 4.67. The lowest BCUT2D eigenvalue weighted by Gasteiger charge is -2.24. The lowest BCUT2D eigenvalue weighted by Crippen LogP contribution is -2.33. The molecule has 0 saturated carbocycles. The maximum Gasteiger partial charge on any atom is 0.243 e. The summed E-state index contributed by atoms with van der Waals surface area (Å²) in [6, 6.07) is 10.4. The van der Waals surface area contributed by atoms with E-state index in [4.69, 9.17) is 0 Å². The summed E-state index contributed by atoms with van der Waals surface area (Å²) < 4.78 is 3.84. The highest BCUT2D eigenvalue weighted by Crippen LogP contribution is 2.32.